The van der Waals surface area contributed by atoms with E-state index >= 15 is 0 Å². The summed E-state index contributed by atoms with van der Waals surface area (Å²) >= 11 is 0. The normalized spacial score (nSPS) is 13.0. The van der Waals surface area contributed by atoms with Crippen LogP contribution in [0.15, 0.2) is 48.5 Å². The van der Waals surface area contributed by atoms with Crippen molar-refractivity contribution in [1.29, 1.82) is 0 Å². The zero-order valence-corrected chi connectivity index (χ0v) is 13.4. The maximum Gasteiger partial charge on any atom is 0.136 e. The lowest BCUT2D eigenvalue weighted by Crippen LogP contribution is -2.18. The van der Waals surface area contributed by atoms with Crippen molar-refractivity contribution < 1.29 is 4.74 Å². The van der Waals surface area contributed by atoms with E-state index in [0.29, 0.717) is 6.54 Å². The van der Waals surface area contributed by atoms with Gasteiger partial charge in [-0.2, -0.15) is 0 Å². The van der Waals surface area contributed by atoms with Crippen molar-refractivity contribution in [3.8, 4) is 5.75 Å². The molecule has 0 heterocycles. The Balaban J connectivity index is 2.15. The summed E-state index contributed by atoms with van der Waals surface area (Å²) in [4.78, 5) is 0. The molecule has 0 bridgehead atoms. The number of benzene rings is 2. The van der Waals surface area contributed by atoms with Crippen molar-refractivity contribution in [1.82, 2.24) is 0 Å². The van der Waals surface area contributed by atoms with E-state index in [0.717, 1.165) is 11.3 Å². The van der Waals surface area contributed by atoms with Gasteiger partial charge in [0, 0.05) is 6.54 Å². The van der Waals surface area contributed by atoms with Gasteiger partial charge in [-0.15, -0.1) is 0 Å². The molecule has 0 amide bonds. The SMILES string of the molecule is Cc1cccc(C(CN)Oc2ccc(C(C)(C)C)cc2)c1. The Labute approximate surface area is 127 Å². The summed E-state index contributed by atoms with van der Waals surface area (Å²) in [5, 5.41) is 0. The first-order chi connectivity index (χ1) is 9.90. The molecule has 2 aromatic rings. The molecule has 21 heavy (non-hydrogen) atoms. The molecule has 2 nitrogen and oxygen atoms in total. The van der Waals surface area contributed by atoms with Crippen molar-refractivity contribution in [2.24, 2.45) is 5.73 Å². The Kier molecular flexibility index (Phi) is 4.69. The monoisotopic (exact) mass is 283 g/mol. The standard InChI is InChI=1S/C19H25NO/c1-14-6-5-7-15(12-14)18(13-20)21-17-10-8-16(9-11-17)19(2,3)4/h5-12,18H,13,20H2,1-4H3. The van der Waals surface area contributed by atoms with Crippen molar-refractivity contribution in [2.75, 3.05) is 6.54 Å². The number of hydrogen-bond acceptors (Lipinski definition) is 2. The Morgan fingerprint density at radius 3 is 2.24 bits per heavy atom. The predicted molar refractivity (Wildman–Crippen MR) is 88.7 cm³/mol. The van der Waals surface area contributed by atoms with E-state index in [-0.39, 0.29) is 11.5 Å². The molecule has 2 N–H and O–H groups in total. The van der Waals surface area contributed by atoms with Gasteiger partial charge in [-0.05, 0) is 35.6 Å². The fraction of sp³-hybridized carbons (Fsp3) is 0.368. The largest absolute Gasteiger partial charge is 0.484 e. The molecule has 0 spiro atoms. The van der Waals surface area contributed by atoms with Gasteiger partial charge in [-0.3, -0.25) is 0 Å². The van der Waals surface area contributed by atoms with E-state index < -0.39 is 0 Å². The van der Waals surface area contributed by atoms with Crippen LogP contribution >= 0.6 is 0 Å². The summed E-state index contributed by atoms with van der Waals surface area (Å²) in [6.07, 6.45) is -0.106. The second-order valence-electron chi connectivity index (χ2n) is 6.53. The Morgan fingerprint density at radius 2 is 1.71 bits per heavy atom. The van der Waals surface area contributed by atoms with Crippen molar-refractivity contribution in [3.63, 3.8) is 0 Å². The number of hydrogen-bond donors (Lipinski definition) is 1. The highest BCUT2D eigenvalue weighted by Gasteiger charge is 2.15. The van der Waals surface area contributed by atoms with E-state index in [9.17, 15) is 0 Å². The van der Waals surface area contributed by atoms with Crippen LogP contribution in [-0.2, 0) is 5.41 Å². The second-order valence-corrected chi connectivity index (χ2v) is 6.53. The minimum absolute atomic E-state index is 0.106. The molecule has 2 heteroatoms. The molecule has 0 radical (unpaired) electrons. The molecular formula is C19H25NO. The minimum atomic E-state index is -0.106. The van der Waals surface area contributed by atoms with Crippen LogP contribution in [0.1, 0.15) is 43.6 Å². The fourth-order valence-electron chi connectivity index (χ4n) is 2.32. The van der Waals surface area contributed by atoms with Gasteiger partial charge in [0.25, 0.3) is 0 Å². The van der Waals surface area contributed by atoms with E-state index in [1.54, 1.807) is 0 Å². The van der Waals surface area contributed by atoms with E-state index in [4.69, 9.17) is 10.5 Å². The van der Waals surface area contributed by atoms with Gasteiger partial charge < -0.3 is 10.5 Å². The fourth-order valence-corrected chi connectivity index (χ4v) is 2.32. The molecule has 0 saturated carbocycles. The van der Waals surface area contributed by atoms with Gasteiger partial charge in [0.15, 0.2) is 0 Å². The van der Waals surface area contributed by atoms with Crippen molar-refractivity contribution >= 4 is 0 Å². The van der Waals surface area contributed by atoms with Gasteiger partial charge in [-0.25, -0.2) is 0 Å². The highest BCUT2D eigenvalue weighted by Crippen LogP contribution is 2.27. The smallest absolute Gasteiger partial charge is 0.136 e. The summed E-state index contributed by atoms with van der Waals surface area (Å²) < 4.78 is 6.05. The number of aryl methyl sites for hydroxylation is 1. The molecule has 0 aliphatic heterocycles. The molecule has 2 rings (SSSR count). The Bertz CT molecular complexity index is 581. The molecule has 2 aromatic carbocycles. The summed E-state index contributed by atoms with van der Waals surface area (Å²) in [6, 6.07) is 16.6. The van der Waals surface area contributed by atoms with Crippen LogP contribution in [0.5, 0.6) is 5.75 Å². The topological polar surface area (TPSA) is 35.2 Å². The minimum Gasteiger partial charge on any atom is -0.484 e. The lowest BCUT2D eigenvalue weighted by molar-refractivity contribution is 0.214. The average Bonchev–Trinajstić information content (AvgIpc) is 2.44. The highest BCUT2D eigenvalue weighted by atomic mass is 16.5. The van der Waals surface area contributed by atoms with Gasteiger partial charge in [-0.1, -0.05) is 62.7 Å². The molecule has 0 fully saturated rings. The first-order valence-corrected chi connectivity index (χ1v) is 7.44. The third kappa shape index (κ3) is 4.08. The molecule has 0 saturated heterocycles. The lowest BCUT2D eigenvalue weighted by atomic mass is 9.87. The first-order valence-electron chi connectivity index (χ1n) is 7.44. The summed E-state index contributed by atoms with van der Waals surface area (Å²) in [7, 11) is 0. The van der Waals surface area contributed by atoms with Crippen LogP contribution in [0.25, 0.3) is 0 Å². The van der Waals surface area contributed by atoms with Crippen LogP contribution < -0.4 is 10.5 Å². The lowest BCUT2D eigenvalue weighted by Gasteiger charge is -2.21. The van der Waals surface area contributed by atoms with Crippen LogP contribution in [-0.4, -0.2) is 6.54 Å². The van der Waals surface area contributed by atoms with Crippen molar-refractivity contribution in [3.05, 3.63) is 65.2 Å². The quantitative estimate of drug-likeness (QED) is 0.904. The van der Waals surface area contributed by atoms with E-state index in [1.807, 2.05) is 18.2 Å². The highest BCUT2D eigenvalue weighted by molar-refractivity contribution is 5.32. The third-order valence-corrected chi connectivity index (χ3v) is 3.63. The molecule has 0 aromatic heterocycles. The Hall–Kier alpha value is -1.80. The molecule has 1 unspecified atom stereocenters. The molecule has 0 aliphatic rings. The summed E-state index contributed by atoms with van der Waals surface area (Å²) in [5.74, 6) is 0.861. The van der Waals surface area contributed by atoms with Crippen LogP contribution in [0.4, 0.5) is 0 Å². The number of ether oxygens (including phenoxy) is 1. The van der Waals surface area contributed by atoms with Crippen LogP contribution in [0.3, 0.4) is 0 Å². The average molecular weight is 283 g/mol. The van der Waals surface area contributed by atoms with Crippen LogP contribution in [0.2, 0.25) is 0 Å². The number of rotatable bonds is 4. The van der Waals surface area contributed by atoms with Crippen LogP contribution in [0, 0.1) is 6.92 Å². The van der Waals surface area contributed by atoms with E-state index in [2.05, 4.69) is 58.0 Å². The maximum absolute atomic E-state index is 6.05. The van der Waals surface area contributed by atoms with E-state index in [1.165, 1.54) is 11.1 Å². The summed E-state index contributed by atoms with van der Waals surface area (Å²) in [6.45, 7) is 9.16. The van der Waals surface area contributed by atoms with Gasteiger partial charge >= 0.3 is 0 Å². The first kappa shape index (κ1) is 15.6. The molecule has 112 valence electrons. The predicted octanol–water partition coefficient (Wildman–Crippen LogP) is 4.37. The zero-order valence-electron chi connectivity index (χ0n) is 13.4. The van der Waals surface area contributed by atoms with Gasteiger partial charge in [0.1, 0.15) is 11.9 Å². The molecular weight excluding hydrogens is 258 g/mol. The number of nitrogens with two attached hydrogens (primary N) is 1. The van der Waals surface area contributed by atoms with Gasteiger partial charge in [0.05, 0.1) is 0 Å². The zero-order chi connectivity index (χ0) is 15.5. The maximum atomic E-state index is 6.05. The molecule has 1 atom stereocenters. The van der Waals surface area contributed by atoms with Gasteiger partial charge in [0.2, 0.25) is 0 Å². The molecule has 0 aliphatic carbocycles. The van der Waals surface area contributed by atoms with Crippen molar-refractivity contribution in [2.45, 2.75) is 39.2 Å². The Morgan fingerprint density at radius 1 is 1.05 bits per heavy atom. The second kappa shape index (κ2) is 6.31. The summed E-state index contributed by atoms with van der Waals surface area (Å²) in [5.41, 5.74) is 9.68. The third-order valence-electron chi connectivity index (χ3n) is 3.63.